The van der Waals surface area contributed by atoms with E-state index in [0.717, 1.165) is 12.0 Å². The standard InChI is InChI=1S/C19H41N/c1-5-6-7-8-9-10-11-12-13-16-19(20-4)17-14-15-18(2)3/h18-20H,5-17H2,1-4H3. The lowest BCUT2D eigenvalue weighted by Gasteiger charge is -2.16. The van der Waals surface area contributed by atoms with Gasteiger partial charge in [-0.2, -0.15) is 0 Å². The highest BCUT2D eigenvalue weighted by Crippen LogP contribution is 2.14. The summed E-state index contributed by atoms with van der Waals surface area (Å²) in [6.07, 6.45) is 18.5. The fourth-order valence-corrected chi connectivity index (χ4v) is 2.91. The normalized spacial score (nSPS) is 13.1. The zero-order valence-corrected chi connectivity index (χ0v) is 14.8. The SMILES string of the molecule is CCCCCCCCCCCC(CCCC(C)C)NC. The van der Waals surface area contributed by atoms with Gasteiger partial charge < -0.3 is 5.32 Å². The second kappa shape index (κ2) is 15.4. The molecule has 0 saturated carbocycles. The quantitative estimate of drug-likeness (QED) is 0.347. The molecule has 0 aromatic rings. The van der Waals surface area contributed by atoms with Gasteiger partial charge in [-0.3, -0.25) is 0 Å². The van der Waals surface area contributed by atoms with Crippen molar-refractivity contribution in [1.82, 2.24) is 5.32 Å². The number of hydrogen-bond acceptors (Lipinski definition) is 1. The molecule has 0 rings (SSSR count). The fraction of sp³-hybridized carbons (Fsp3) is 1.00. The van der Waals surface area contributed by atoms with Crippen LogP contribution < -0.4 is 5.32 Å². The van der Waals surface area contributed by atoms with Crippen LogP contribution in [0.15, 0.2) is 0 Å². The Morgan fingerprint density at radius 1 is 0.650 bits per heavy atom. The molecule has 1 N–H and O–H groups in total. The third-order valence-electron chi connectivity index (χ3n) is 4.40. The second-order valence-electron chi connectivity index (χ2n) is 6.93. The van der Waals surface area contributed by atoms with Crippen molar-refractivity contribution in [1.29, 1.82) is 0 Å². The van der Waals surface area contributed by atoms with Crippen molar-refractivity contribution in [3.8, 4) is 0 Å². The van der Waals surface area contributed by atoms with Crippen molar-refractivity contribution in [2.45, 2.75) is 110 Å². The highest BCUT2D eigenvalue weighted by molar-refractivity contribution is 4.65. The molecular formula is C19H41N. The van der Waals surface area contributed by atoms with E-state index < -0.39 is 0 Å². The molecule has 0 heterocycles. The Balaban J connectivity index is 3.29. The minimum atomic E-state index is 0.762. The van der Waals surface area contributed by atoms with E-state index >= 15 is 0 Å². The molecule has 0 spiro atoms. The maximum Gasteiger partial charge on any atom is 0.00640 e. The monoisotopic (exact) mass is 283 g/mol. The first-order valence-electron chi connectivity index (χ1n) is 9.38. The van der Waals surface area contributed by atoms with Gasteiger partial charge in [-0.05, 0) is 25.8 Å². The molecule has 0 bridgehead atoms. The molecule has 0 aliphatic carbocycles. The molecule has 1 heteroatoms. The zero-order valence-electron chi connectivity index (χ0n) is 14.8. The van der Waals surface area contributed by atoms with Gasteiger partial charge in [0.2, 0.25) is 0 Å². The van der Waals surface area contributed by atoms with Gasteiger partial charge in [-0.1, -0.05) is 91.4 Å². The molecule has 0 aromatic carbocycles. The first kappa shape index (κ1) is 20.0. The Bertz CT molecular complexity index is 177. The van der Waals surface area contributed by atoms with E-state index in [9.17, 15) is 0 Å². The maximum atomic E-state index is 3.50. The smallest absolute Gasteiger partial charge is 0.00640 e. The van der Waals surface area contributed by atoms with Crippen molar-refractivity contribution in [2.24, 2.45) is 5.92 Å². The number of nitrogens with one attached hydrogen (secondary N) is 1. The summed E-state index contributed by atoms with van der Waals surface area (Å²) in [5, 5.41) is 3.50. The maximum absolute atomic E-state index is 3.50. The summed E-state index contributed by atoms with van der Waals surface area (Å²) < 4.78 is 0. The lowest BCUT2D eigenvalue weighted by molar-refractivity contribution is 0.422. The highest BCUT2D eigenvalue weighted by atomic mass is 14.9. The number of rotatable bonds is 15. The first-order valence-corrected chi connectivity index (χ1v) is 9.38. The average molecular weight is 284 g/mol. The molecule has 0 fully saturated rings. The van der Waals surface area contributed by atoms with Crippen LogP contribution in [-0.4, -0.2) is 13.1 Å². The fourth-order valence-electron chi connectivity index (χ4n) is 2.91. The Morgan fingerprint density at radius 2 is 1.15 bits per heavy atom. The van der Waals surface area contributed by atoms with E-state index in [1.54, 1.807) is 0 Å². The van der Waals surface area contributed by atoms with Crippen LogP contribution in [-0.2, 0) is 0 Å². The molecule has 1 unspecified atom stereocenters. The van der Waals surface area contributed by atoms with E-state index in [4.69, 9.17) is 0 Å². The van der Waals surface area contributed by atoms with E-state index in [2.05, 4.69) is 33.1 Å². The van der Waals surface area contributed by atoms with Crippen molar-refractivity contribution >= 4 is 0 Å². The summed E-state index contributed by atoms with van der Waals surface area (Å²) in [6, 6.07) is 0.762. The average Bonchev–Trinajstić information content (AvgIpc) is 2.43. The Labute approximate surface area is 129 Å². The summed E-state index contributed by atoms with van der Waals surface area (Å²) >= 11 is 0. The van der Waals surface area contributed by atoms with Crippen LogP contribution in [0.4, 0.5) is 0 Å². The second-order valence-corrected chi connectivity index (χ2v) is 6.93. The van der Waals surface area contributed by atoms with E-state index in [1.165, 1.54) is 83.5 Å². The molecule has 1 atom stereocenters. The Morgan fingerprint density at radius 3 is 1.65 bits per heavy atom. The van der Waals surface area contributed by atoms with Crippen LogP contribution >= 0.6 is 0 Å². The van der Waals surface area contributed by atoms with Gasteiger partial charge in [0.15, 0.2) is 0 Å². The lowest BCUT2D eigenvalue weighted by Crippen LogP contribution is -2.25. The van der Waals surface area contributed by atoms with E-state index in [-0.39, 0.29) is 0 Å². The molecular weight excluding hydrogens is 242 g/mol. The molecule has 0 saturated heterocycles. The largest absolute Gasteiger partial charge is 0.317 e. The molecule has 122 valence electrons. The zero-order chi connectivity index (χ0) is 15.1. The molecule has 0 aliphatic rings. The molecule has 0 aromatic heterocycles. The third-order valence-corrected chi connectivity index (χ3v) is 4.40. The van der Waals surface area contributed by atoms with Crippen molar-refractivity contribution in [3.63, 3.8) is 0 Å². The highest BCUT2D eigenvalue weighted by Gasteiger charge is 2.06. The summed E-state index contributed by atoms with van der Waals surface area (Å²) in [7, 11) is 2.13. The van der Waals surface area contributed by atoms with Gasteiger partial charge in [-0.15, -0.1) is 0 Å². The third kappa shape index (κ3) is 14.4. The van der Waals surface area contributed by atoms with Crippen LogP contribution in [0.3, 0.4) is 0 Å². The summed E-state index contributed by atoms with van der Waals surface area (Å²) in [4.78, 5) is 0. The van der Waals surface area contributed by atoms with Crippen molar-refractivity contribution in [3.05, 3.63) is 0 Å². The van der Waals surface area contributed by atoms with Crippen molar-refractivity contribution < 1.29 is 0 Å². The van der Waals surface area contributed by atoms with Crippen LogP contribution in [0.5, 0.6) is 0 Å². The summed E-state index contributed by atoms with van der Waals surface area (Å²) in [6.45, 7) is 6.95. The van der Waals surface area contributed by atoms with Crippen molar-refractivity contribution in [2.75, 3.05) is 7.05 Å². The van der Waals surface area contributed by atoms with Crippen LogP contribution in [0.1, 0.15) is 104 Å². The van der Waals surface area contributed by atoms with Gasteiger partial charge in [-0.25, -0.2) is 0 Å². The Kier molecular flexibility index (Phi) is 15.3. The molecule has 1 nitrogen and oxygen atoms in total. The first-order chi connectivity index (χ1) is 9.70. The van der Waals surface area contributed by atoms with Gasteiger partial charge in [0.1, 0.15) is 0 Å². The predicted molar refractivity (Wildman–Crippen MR) is 93.4 cm³/mol. The topological polar surface area (TPSA) is 12.0 Å². The predicted octanol–water partition coefficient (Wildman–Crippen LogP) is 6.32. The summed E-state index contributed by atoms with van der Waals surface area (Å²) in [5.74, 6) is 0.861. The van der Waals surface area contributed by atoms with Crippen LogP contribution in [0.25, 0.3) is 0 Å². The minimum Gasteiger partial charge on any atom is -0.317 e. The number of unbranched alkanes of at least 4 members (excludes halogenated alkanes) is 8. The molecule has 0 amide bonds. The van der Waals surface area contributed by atoms with E-state index in [0.29, 0.717) is 0 Å². The van der Waals surface area contributed by atoms with Gasteiger partial charge in [0.05, 0.1) is 0 Å². The molecule has 20 heavy (non-hydrogen) atoms. The lowest BCUT2D eigenvalue weighted by atomic mass is 9.98. The molecule has 0 aliphatic heterocycles. The number of hydrogen-bond donors (Lipinski definition) is 1. The summed E-state index contributed by atoms with van der Waals surface area (Å²) in [5.41, 5.74) is 0. The van der Waals surface area contributed by atoms with Gasteiger partial charge >= 0.3 is 0 Å². The molecule has 0 radical (unpaired) electrons. The van der Waals surface area contributed by atoms with Crippen LogP contribution in [0, 0.1) is 5.92 Å². The van der Waals surface area contributed by atoms with E-state index in [1.807, 2.05) is 0 Å². The Hall–Kier alpha value is -0.0400. The van der Waals surface area contributed by atoms with Gasteiger partial charge in [0, 0.05) is 6.04 Å². The van der Waals surface area contributed by atoms with Gasteiger partial charge in [0.25, 0.3) is 0 Å². The minimum absolute atomic E-state index is 0.762. The van der Waals surface area contributed by atoms with Crippen LogP contribution in [0.2, 0.25) is 0 Å².